The van der Waals surface area contributed by atoms with Crippen molar-refractivity contribution in [1.82, 2.24) is 0 Å². The van der Waals surface area contributed by atoms with Gasteiger partial charge >= 0.3 is 29.6 Å². The molecule has 0 rings (SSSR count). The van der Waals surface area contributed by atoms with Crippen molar-refractivity contribution in [3.05, 3.63) is 0 Å². The first kappa shape index (κ1) is 14.8. The third-order valence-electron chi connectivity index (χ3n) is 0.990. The monoisotopic (exact) mass is 205 g/mol. The zero-order valence-corrected chi connectivity index (χ0v) is 9.37. The quantitative estimate of drug-likeness (QED) is 0.348. The molecular weight excluding hydrogens is 197 g/mol. The van der Waals surface area contributed by atoms with Crippen molar-refractivity contribution < 1.29 is 52.4 Å². The summed E-state index contributed by atoms with van der Waals surface area (Å²) < 4.78 is 28.2. The molecule has 0 spiro atoms. The summed E-state index contributed by atoms with van der Waals surface area (Å²) in [6.07, 6.45) is -0.346. The third-order valence-corrected chi connectivity index (χ3v) is 1.74. The molecule has 0 aromatic heterocycles. The van der Waals surface area contributed by atoms with Gasteiger partial charge in [-0.15, -0.1) is 0 Å². The van der Waals surface area contributed by atoms with E-state index in [0.29, 0.717) is 0 Å². The molecule has 0 amide bonds. The second-order valence-corrected chi connectivity index (χ2v) is 3.57. The number of carbonyl (C=O) groups is 1. The van der Waals surface area contributed by atoms with Crippen LogP contribution in [0, 0.1) is 0 Å². The number of hydrogen-bond donors (Lipinski definition) is 2. The second kappa shape index (κ2) is 5.90. The molecule has 0 radical (unpaired) electrons. The Morgan fingerprint density at radius 3 is 2.25 bits per heavy atom. The molecule has 0 aliphatic rings. The van der Waals surface area contributed by atoms with Crippen LogP contribution in [0.25, 0.3) is 0 Å². The van der Waals surface area contributed by atoms with Gasteiger partial charge in [0.05, 0.1) is 11.7 Å². The minimum absolute atomic E-state index is 0. The smallest absolute Gasteiger partial charge is 0.548 e. The average Bonchev–Trinajstić information content (AvgIpc) is 1.80. The number of carbonyl (C=O) groups excluding carboxylic acids is 1. The molecule has 0 aliphatic carbocycles. The standard InChI is InChI=1S/C4H9NO5S.Na/c5-3(4(6)7)1-2-11(8,9)10;/h3H,1-2,5H2,(H,6,7)(H,8,9,10);/q;+1/p-1. The first-order valence-corrected chi connectivity index (χ1v) is 4.35. The van der Waals surface area contributed by atoms with Crippen LogP contribution < -0.4 is 40.4 Å². The topological polar surface area (TPSA) is 121 Å². The molecule has 0 aliphatic heterocycles. The largest absolute Gasteiger partial charge is 1.00 e. The Hall–Kier alpha value is 0.340. The van der Waals surface area contributed by atoms with Crippen molar-refractivity contribution >= 4 is 16.1 Å². The molecule has 12 heavy (non-hydrogen) atoms. The van der Waals surface area contributed by atoms with Gasteiger partial charge in [-0.3, -0.25) is 4.55 Å². The van der Waals surface area contributed by atoms with E-state index in [4.69, 9.17) is 10.3 Å². The van der Waals surface area contributed by atoms with E-state index >= 15 is 0 Å². The van der Waals surface area contributed by atoms with Crippen molar-refractivity contribution in [3.8, 4) is 0 Å². The fourth-order valence-electron chi connectivity index (χ4n) is 0.394. The first-order chi connectivity index (χ1) is 4.83. The molecule has 0 fully saturated rings. The summed E-state index contributed by atoms with van der Waals surface area (Å²) in [5.41, 5.74) is 4.89. The van der Waals surface area contributed by atoms with Gasteiger partial charge < -0.3 is 15.6 Å². The fourth-order valence-corrected chi connectivity index (χ4v) is 0.946. The minimum Gasteiger partial charge on any atom is -0.548 e. The van der Waals surface area contributed by atoms with Crippen LogP contribution in [0.3, 0.4) is 0 Å². The summed E-state index contributed by atoms with van der Waals surface area (Å²) in [6.45, 7) is 0. The average molecular weight is 205 g/mol. The number of carboxylic acid groups (broad SMARTS) is 1. The van der Waals surface area contributed by atoms with Crippen LogP contribution in [-0.2, 0) is 14.9 Å². The van der Waals surface area contributed by atoms with E-state index in [2.05, 4.69) is 0 Å². The SMILES string of the molecule is NC(CCS(=O)(=O)O)C(=O)[O-].[Na+]. The van der Waals surface area contributed by atoms with Crippen LogP contribution in [0.4, 0.5) is 0 Å². The molecule has 0 saturated heterocycles. The summed E-state index contributed by atoms with van der Waals surface area (Å²) in [5.74, 6) is -2.20. The maximum Gasteiger partial charge on any atom is 1.00 e. The van der Waals surface area contributed by atoms with Gasteiger partial charge in [0, 0.05) is 6.04 Å². The molecule has 0 aromatic carbocycles. The zero-order chi connectivity index (χ0) is 9.07. The summed E-state index contributed by atoms with van der Waals surface area (Å²) >= 11 is 0. The number of nitrogens with two attached hydrogens (primary N) is 1. The van der Waals surface area contributed by atoms with Crippen molar-refractivity contribution in [2.75, 3.05) is 5.75 Å². The predicted molar refractivity (Wildman–Crippen MR) is 34.0 cm³/mol. The van der Waals surface area contributed by atoms with Gasteiger partial charge in [-0.25, -0.2) is 0 Å². The summed E-state index contributed by atoms with van der Waals surface area (Å²) in [4.78, 5) is 9.90. The van der Waals surface area contributed by atoms with E-state index in [1.165, 1.54) is 0 Å². The van der Waals surface area contributed by atoms with E-state index in [9.17, 15) is 18.3 Å². The van der Waals surface area contributed by atoms with E-state index in [1.54, 1.807) is 0 Å². The summed E-state index contributed by atoms with van der Waals surface area (Å²) in [5, 5.41) is 9.90. The van der Waals surface area contributed by atoms with E-state index < -0.39 is 27.9 Å². The fraction of sp³-hybridized carbons (Fsp3) is 0.750. The van der Waals surface area contributed by atoms with E-state index in [0.717, 1.165) is 0 Å². The van der Waals surface area contributed by atoms with Crippen molar-refractivity contribution in [2.45, 2.75) is 12.5 Å². The molecule has 1 atom stereocenters. The third kappa shape index (κ3) is 8.44. The number of carboxylic acids is 1. The van der Waals surface area contributed by atoms with Gasteiger partial charge in [0.15, 0.2) is 0 Å². The molecule has 3 N–H and O–H groups in total. The molecule has 66 valence electrons. The summed E-state index contributed by atoms with van der Waals surface area (Å²) in [7, 11) is -4.12. The van der Waals surface area contributed by atoms with Gasteiger partial charge in [0.2, 0.25) is 0 Å². The molecule has 8 heteroatoms. The minimum atomic E-state index is -4.12. The van der Waals surface area contributed by atoms with Gasteiger partial charge in [-0.1, -0.05) is 0 Å². The van der Waals surface area contributed by atoms with Crippen molar-refractivity contribution in [3.63, 3.8) is 0 Å². The Morgan fingerprint density at radius 1 is 1.58 bits per heavy atom. The Morgan fingerprint density at radius 2 is 2.00 bits per heavy atom. The number of hydrogen-bond acceptors (Lipinski definition) is 5. The maximum absolute atomic E-state index is 10.0. The number of rotatable bonds is 4. The molecule has 1 unspecified atom stereocenters. The van der Waals surface area contributed by atoms with Crippen molar-refractivity contribution in [1.29, 1.82) is 0 Å². The molecule has 0 heterocycles. The van der Waals surface area contributed by atoms with Gasteiger partial charge in [0.25, 0.3) is 10.1 Å². The van der Waals surface area contributed by atoms with Gasteiger partial charge in [-0.05, 0) is 6.42 Å². The molecule has 6 nitrogen and oxygen atoms in total. The second-order valence-electron chi connectivity index (χ2n) is 2.00. The molecule has 0 aromatic rings. The Bertz CT molecular complexity index is 238. The van der Waals surface area contributed by atoms with Crippen LogP contribution in [0.15, 0.2) is 0 Å². The van der Waals surface area contributed by atoms with Crippen LogP contribution in [-0.4, -0.2) is 30.7 Å². The predicted octanol–water partition coefficient (Wildman–Crippen LogP) is -5.65. The van der Waals surface area contributed by atoms with E-state index in [-0.39, 0.29) is 36.0 Å². The van der Waals surface area contributed by atoms with Gasteiger partial charge in [0.1, 0.15) is 0 Å². The van der Waals surface area contributed by atoms with Crippen LogP contribution in [0.5, 0.6) is 0 Å². The van der Waals surface area contributed by atoms with Crippen LogP contribution in [0.2, 0.25) is 0 Å². The summed E-state index contributed by atoms with van der Waals surface area (Å²) in [6, 6.07) is -1.35. The Kier molecular flexibility index (Phi) is 7.29. The normalized spacial score (nSPS) is 13.2. The van der Waals surface area contributed by atoms with Gasteiger partial charge in [-0.2, -0.15) is 8.42 Å². The van der Waals surface area contributed by atoms with Crippen LogP contribution >= 0.6 is 0 Å². The van der Waals surface area contributed by atoms with Crippen LogP contribution in [0.1, 0.15) is 6.42 Å². The number of aliphatic carboxylic acids is 1. The Balaban J connectivity index is 0. The zero-order valence-electron chi connectivity index (χ0n) is 6.56. The van der Waals surface area contributed by atoms with Crippen molar-refractivity contribution in [2.24, 2.45) is 5.73 Å². The van der Waals surface area contributed by atoms with E-state index in [1.807, 2.05) is 0 Å². The maximum atomic E-state index is 10.0. The molecule has 0 saturated carbocycles. The first-order valence-electron chi connectivity index (χ1n) is 2.74. The Labute approximate surface area is 92.2 Å². The molecular formula is C4H8NNaO5S. The molecule has 0 bridgehead atoms.